The Morgan fingerprint density at radius 1 is 1.35 bits per heavy atom. The Kier molecular flexibility index (Phi) is 9.00. The van der Waals surface area contributed by atoms with Gasteiger partial charge in [-0.1, -0.05) is 6.58 Å². The van der Waals surface area contributed by atoms with Crippen LogP contribution >= 0.6 is 0 Å². The van der Waals surface area contributed by atoms with Crippen LogP contribution in [-0.4, -0.2) is 54.5 Å². The Balaban J connectivity index is 0. The molecule has 0 aliphatic carbocycles. The van der Waals surface area contributed by atoms with Gasteiger partial charge in [-0.3, -0.25) is 0 Å². The van der Waals surface area contributed by atoms with Gasteiger partial charge in [0.05, 0.1) is 0 Å². The van der Waals surface area contributed by atoms with Gasteiger partial charge in [0.1, 0.15) is 0 Å². The second kappa shape index (κ2) is 7.99. The third kappa shape index (κ3) is 15.8. The molecule has 0 saturated heterocycles. The molecule has 0 aliphatic heterocycles. The van der Waals surface area contributed by atoms with Gasteiger partial charge in [0.25, 0.3) is 0 Å². The van der Waals surface area contributed by atoms with E-state index >= 15 is 0 Å². The molecule has 17 heavy (non-hydrogen) atoms. The number of hydrogen-bond donors (Lipinski definition) is 1. The average molecular weight is 274 g/mol. The summed E-state index contributed by atoms with van der Waals surface area (Å²) in [5, 5.41) is 7.60. The predicted molar refractivity (Wildman–Crippen MR) is 48.7 cm³/mol. The summed E-state index contributed by atoms with van der Waals surface area (Å²) in [7, 11) is 0. The number of aliphatic carboxylic acids is 1. The van der Waals surface area contributed by atoms with E-state index in [4.69, 9.17) is 5.11 Å². The predicted octanol–water partition coefficient (Wildman–Crippen LogP) is 2.69. The van der Waals surface area contributed by atoms with Crippen LogP contribution in [0.5, 0.6) is 0 Å². The first-order valence-electron chi connectivity index (χ1n) is 4.34. The monoisotopic (exact) mass is 274 g/mol. The summed E-state index contributed by atoms with van der Waals surface area (Å²) < 4.78 is 66.9. The van der Waals surface area contributed by atoms with E-state index < -0.39 is 62.3 Å². The van der Waals surface area contributed by atoms with E-state index in [-0.39, 0.29) is 0 Å². The van der Waals surface area contributed by atoms with E-state index in [9.17, 15) is 31.1 Å². The van der Waals surface area contributed by atoms with Crippen LogP contribution in [0.2, 0.25) is 0 Å². The van der Waals surface area contributed by atoms with E-state index in [1.807, 2.05) is 0 Å². The zero-order valence-electron chi connectivity index (χ0n) is 8.90. The molecule has 1 N–H and O–H groups in total. The fraction of sp³-hybridized carbons (Fsp3) is 0.625. The summed E-state index contributed by atoms with van der Waals surface area (Å²) in [6.45, 7) is 2.96. The molecule has 0 amide bonds. The summed E-state index contributed by atoms with van der Waals surface area (Å²) in [5.74, 6) is -0.981. The molecule has 1 atom stereocenters. The molecule has 0 spiro atoms. The third-order valence-corrected chi connectivity index (χ3v) is 2.03. The normalized spacial score (nSPS) is 13.4. The molecule has 2 nitrogen and oxygen atoms in total. The number of hydrogen-bond acceptors (Lipinski definition) is 1. The molecule has 0 bridgehead atoms. The summed E-state index contributed by atoms with van der Waals surface area (Å²) in [6, 6.07) is 0. The van der Waals surface area contributed by atoms with Gasteiger partial charge in [0.2, 0.25) is 0 Å². The minimum absolute atomic E-state index is 0.763. The average Bonchev–Trinajstić information content (AvgIpc) is 2.12. The number of carboxylic acids is 1. The molecular formula is C8H9F6NaO2. The molecule has 0 heterocycles. The second-order valence-electron chi connectivity index (χ2n) is 3.12. The standard InChI is InChI=1S/C5H5F6.C3H4O2.Na/c6-3(4(7)8)1-2-5(9,10)11;1-2-3(4)5;/h3H,1-2H2;2H,1H2,(H,4,5);. The summed E-state index contributed by atoms with van der Waals surface area (Å²) >= 11 is -0.763. The summed E-state index contributed by atoms with van der Waals surface area (Å²) in [5.41, 5.74) is 0. The summed E-state index contributed by atoms with van der Waals surface area (Å²) in [4.78, 5) is 9.25. The molecule has 1 unspecified atom stereocenters. The Morgan fingerprint density at radius 3 is 1.88 bits per heavy atom. The number of carboxylic acid groups (broad SMARTS) is 1. The van der Waals surface area contributed by atoms with Gasteiger partial charge in [-0.05, 0) is 0 Å². The van der Waals surface area contributed by atoms with Crippen molar-refractivity contribution < 1.29 is 36.2 Å². The quantitative estimate of drug-likeness (QED) is 0.486. The number of carbonyl (C=O) groups is 1. The molecule has 0 aromatic heterocycles. The zero-order valence-corrected chi connectivity index (χ0v) is 10.9. The van der Waals surface area contributed by atoms with Crippen molar-refractivity contribution in [2.45, 2.75) is 28.4 Å². The molecule has 0 aromatic carbocycles. The molecular weight excluding hydrogens is 265 g/mol. The Bertz CT molecular complexity index is 247. The van der Waals surface area contributed by atoms with Crippen LogP contribution in [0.1, 0.15) is 12.8 Å². The van der Waals surface area contributed by atoms with E-state index in [1.54, 1.807) is 0 Å². The topological polar surface area (TPSA) is 37.3 Å². The molecule has 0 aromatic rings. The van der Waals surface area contributed by atoms with Crippen LogP contribution < -0.4 is 0 Å². The molecule has 9 heteroatoms. The van der Waals surface area contributed by atoms with E-state index in [0.29, 0.717) is 0 Å². The van der Waals surface area contributed by atoms with Gasteiger partial charge < -0.3 is 5.11 Å². The molecule has 0 rings (SSSR count). The fourth-order valence-electron chi connectivity index (χ4n) is 0.544. The molecule has 0 radical (unpaired) electrons. The Labute approximate surface area is 111 Å². The minimum atomic E-state index is -4.56. The van der Waals surface area contributed by atoms with Crippen molar-refractivity contribution in [1.29, 1.82) is 0 Å². The van der Waals surface area contributed by atoms with Crippen molar-refractivity contribution in [3.63, 3.8) is 0 Å². The van der Waals surface area contributed by atoms with Crippen LogP contribution in [0.15, 0.2) is 12.7 Å². The molecule has 96 valence electrons. The van der Waals surface area contributed by atoms with Crippen LogP contribution in [0.25, 0.3) is 0 Å². The van der Waals surface area contributed by atoms with Crippen molar-refractivity contribution in [2.75, 3.05) is 0 Å². The van der Waals surface area contributed by atoms with Crippen LogP contribution in [0.3, 0.4) is 0 Å². The van der Waals surface area contributed by atoms with Gasteiger partial charge >= 0.3 is 88.6 Å². The van der Waals surface area contributed by atoms with Crippen molar-refractivity contribution in [3.05, 3.63) is 12.7 Å². The van der Waals surface area contributed by atoms with Crippen LogP contribution in [0, 0.1) is 0 Å². The Hall–Kier alpha value is -0.210. The first-order valence-corrected chi connectivity index (χ1v) is 5.34. The second-order valence-corrected chi connectivity index (χ2v) is 4.45. The Morgan fingerprint density at radius 2 is 1.71 bits per heavy atom. The van der Waals surface area contributed by atoms with Gasteiger partial charge in [0, 0.05) is 6.08 Å². The maximum atomic E-state index is 12.2. The van der Waals surface area contributed by atoms with Crippen molar-refractivity contribution in [3.8, 4) is 0 Å². The zero-order chi connectivity index (χ0) is 14.3. The third-order valence-electron chi connectivity index (χ3n) is 1.41. The first-order chi connectivity index (χ1) is 7.40. The van der Waals surface area contributed by atoms with Gasteiger partial charge in [-0.2, -0.15) is 0 Å². The van der Waals surface area contributed by atoms with Crippen LogP contribution in [-0.2, 0) is 4.79 Å². The van der Waals surface area contributed by atoms with E-state index in [0.717, 1.165) is 6.08 Å². The van der Waals surface area contributed by atoms with E-state index in [1.165, 1.54) is 0 Å². The van der Waals surface area contributed by atoms with Crippen LogP contribution in [0.4, 0.5) is 26.3 Å². The SMILES string of the molecule is C=CC(=O)O.FC(CCC(F)(F)F)[C](F)(F)[Na]. The van der Waals surface area contributed by atoms with Gasteiger partial charge in [0.15, 0.2) is 0 Å². The van der Waals surface area contributed by atoms with E-state index in [2.05, 4.69) is 6.58 Å². The fourth-order valence-corrected chi connectivity index (χ4v) is 0.833. The van der Waals surface area contributed by atoms with Crippen molar-refractivity contribution >= 4 is 33.9 Å². The summed E-state index contributed by atoms with van der Waals surface area (Å²) in [6.07, 6.45) is -9.03. The van der Waals surface area contributed by atoms with Gasteiger partial charge in [-0.15, -0.1) is 0 Å². The number of halogens is 6. The molecule has 0 fully saturated rings. The van der Waals surface area contributed by atoms with Gasteiger partial charge in [-0.25, -0.2) is 4.79 Å². The van der Waals surface area contributed by atoms with Crippen molar-refractivity contribution in [1.82, 2.24) is 0 Å². The first kappa shape index (κ1) is 19.1. The molecule has 0 aliphatic rings. The maximum absolute atomic E-state index is 12.2. The molecule has 0 saturated carbocycles. The van der Waals surface area contributed by atoms with Crippen molar-refractivity contribution in [2.24, 2.45) is 0 Å². The number of rotatable bonds is 4. The number of alkyl halides is 6.